The number of halogens is 1. The van der Waals surface area contributed by atoms with Crippen molar-refractivity contribution < 1.29 is 19.0 Å². The van der Waals surface area contributed by atoms with E-state index in [1.54, 1.807) is 45.0 Å². The average molecular weight is 362 g/mol. The number of aromatic nitrogens is 1. The molecule has 2 rings (SSSR count). The van der Waals surface area contributed by atoms with Gasteiger partial charge in [-0.1, -0.05) is 24.3 Å². The van der Waals surface area contributed by atoms with Gasteiger partial charge < -0.3 is 20.1 Å². The Morgan fingerprint density at radius 3 is 2.46 bits per heavy atom. The molecule has 1 amide bonds. The van der Waals surface area contributed by atoms with Gasteiger partial charge in [0.25, 0.3) is 5.56 Å². The molecule has 0 aliphatic carbocycles. The lowest BCUT2D eigenvalue weighted by Crippen LogP contribution is -2.35. The number of amides is 1. The number of aliphatic hydroxyl groups is 1. The lowest BCUT2D eigenvalue weighted by molar-refractivity contribution is 0.0496. The molecule has 0 bridgehead atoms. The number of aliphatic hydroxyl groups excluding tert-OH is 1. The largest absolute Gasteiger partial charge is 0.444 e. The third-order valence-electron chi connectivity index (χ3n) is 3.61. The predicted molar refractivity (Wildman–Crippen MR) is 96.3 cm³/mol. The number of pyridine rings is 1. The van der Waals surface area contributed by atoms with Crippen molar-refractivity contribution in [2.45, 2.75) is 38.8 Å². The number of ether oxygens (including phenoxy) is 1. The minimum atomic E-state index is -0.851. The molecule has 2 aromatic rings. The number of aromatic amines is 1. The Morgan fingerprint density at radius 2 is 1.92 bits per heavy atom. The van der Waals surface area contributed by atoms with Crippen molar-refractivity contribution in [1.29, 1.82) is 0 Å². The summed E-state index contributed by atoms with van der Waals surface area (Å²) < 4.78 is 18.7. The first-order valence-electron chi connectivity index (χ1n) is 8.28. The highest BCUT2D eigenvalue weighted by molar-refractivity contribution is 5.68. The van der Waals surface area contributed by atoms with E-state index in [4.69, 9.17) is 4.74 Å². The number of benzene rings is 1. The van der Waals surface area contributed by atoms with Crippen LogP contribution in [0.4, 0.5) is 9.18 Å². The maximum absolute atomic E-state index is 13.4. The standard InChI is InChI=1S/C19H23FN2O4/c1-19(2,3)26-18(25)22-16(8-9-23)13-6-4-12(5-7-13)14-10-15(20)17(24)21-11-14/h4-7,10-11,16,23H,8-9H2,1-3H3,(H,21,24)(H,22,25). The maximum atomic E-state index is 13.4. The summed E-state index contributed by atoms with van der Waals surface area (Å²) in [5, 5.41) is 12.0. The normalized spacial score (nSPS) is 12.5. The van der Waals surface area contributed by atoms with Gasteiger partial charge in [-0.2, -0.15) is 0 Å². The molecule has 140 valence electrons. The summed E-state index contributed by atoms with van der Waals surface area (Å²) in [4.78, 5) is 25.4. The van der Waals surface area contributed by atoms with Crippen LogP contribution in [0.3, 0.4) is 0 Å². The van der Waals surface area contributed by atoms with Gasteiger partial charge in [0, 0.05) is 18.4 Å². The van der Waals surface area contributed by atoms with Gasteiger partial charge in [0.15, 0.2) is 5.82 Å². The fraction of sp³-hybridized carbons (Fsp3) is 0.368. The number of nitrogens with one attached hydrogen (secondary N) is 2. The van der Waals surface area contributed by atoms with E-state index in [9.17, 15) is 19.1 Å². The minimum absolute atomic E-state index is 0.104. The van der Waals surface area contributed by atoms with Gasteiger partial charge in [0.2, 0.25) is 0 Å². The highest BCUT2D eigenvalue weighted by Gasteiger charge is 2.20. The molecule has 6 nitrogen and oxygen atoms in total. The highest BCUT2D eigenvalue weighted by atomic mass is 19.1. The van der Waals surface area contributed by atoms with Gasteiger partial charge in [-0.3, -0.25) is 4.79 Å². The Morgan fingerprint density at radius 1 is 1.27 bits per heavy atom. The molecule has 7 heteroatoms. The van der Waals surface area contributed by atoms with E-state index in [2.05, 4.69) is 10.3 Å². The Kier molecular flexibility index (Phi) is 6.15. The topological polar surface area (TPSA) is 91.4 Å². The van der Waals surface area contributed by atoms with Crippen molar-refractivity contribution in [2.24, 2.45) is 0 Å². The lowest BCUT2D eigenvalue weighted by Gasteiger charge is -2.23. The van der Waals surface area contributed by atoms with E-state index in [-0.39, 0.29) is 6.61 Å². The Bertz CT molecular complexity index is 810. The molecular weight excluding hydrogens is 339 g/mol. The molecule has 1 unspecified atom stereocenters. The zero-order chi connectivity index (χ0) is 19.3. The van der Waals surface area contributed by atoms with Crippen molar-refractivity contribution in [1.82, 2.24) is 10.3 Å². The molecule has 0 saturated heterocycles. The van der Waals surface area contributed by atoms with Gasteiger partial charge in [0.1, 0.15) is 5.60 Å². The molecule has 1 aromatic carbocycles. The van der Waals surface area contributed by atoms with Crippen LogP contribution >= 0.6 is 0 Å². The number of carbonyl (C=O) groups is 1. The molecule has 1 aromatic heterocycles. The molecule has 0 radical (unpaired) electrons. The molecule has 0 aliphatic rings. The van der Waals surface area contributed by atoms with Crippen LogP contribution in [-0.4, -0.2) is 28.4 Å². The van der Waals surface area contributed by atoms with Crippen LogP contribution in [0, 0.1) is 5.82 Å². The smallest absolute Gasteiger partial charge is 0.408 e. The molecule has 0 fully saturated rings. The summed E-state index contributed by atoms with van der Waals surface area (Å²) in [7, 11) is 0. The van der Waals surface area contributed by atoms with Gasteiger partial charge in [-0.25, -0.2) is 9.18 Å². The highest BCUT2D eigenvalue weighted by Crippen LogP contribution is 2.23. The Balaban J connectivity index is 2.18. The third kappa shape index (κ3) is 5.42. The molecule has 1 atom stereocenters. The lowest BCUT2D eigenvalue weighted by atomic mass is 10.00. The van der Waals surface area contributed by atoms with Crippen molar-refractivity contribution in [3.63, 3.8) is 0 Å². The summed E-state index contributed by atoms with van der Waals surface area (Å²) in [5.74, 6) is -0.851. The second-order valence-corrected chi connectivity index (χ2v) is 6.90. The average Bonchev–Trinajstić information content (AvgIpc) is 2.55. The Labute approximate surface area is 151 Å². The van der Waals surface area contributed by atoms with Crippen LogP contribution in [0.5, 0.6) is 0 Å². The van der Waals surface area contributed by atoms with Crippen molar-refractivity contribution >= 4 is 6.09 Å². The summed E-state index contributed by atoms with van der Waals surface area (Å²) in [6, 6.07) is 7.80. The molecular formula is C19H23FN2O4. The summed E-state index contributed by atoms with van der Waals surface area (Å²) in [5.41, 5.74) is 0.635. The minimum Gasteiger partial charge on any atom is -0.444 e. The molecule has 26 heavy (non-hydrogen) atoms. The van der Waals surface area contributed by atoms with E-state index < -0.39 is 29.1 Å². The van der Waals surface area contributed by atoms with Crippen LogP contribution in [0.25, 0.3) is 11.1 Å². The number of H-pyrrole nitrogens is 1. The van der Waals surface area contributed by atoms with Gasteiger partial charge in [-0.05, 0) is 44.4 Å². The van der Waals surface area contributed by atoms with Crippen LogP contribution < -0.4 is 10.9 Å². The molecule has 0 spiro atoms. The first-order chi connectivity index (χ1) is 12.2. The number of alkyl carbamates (subject to hydrolysis) is 1. The van der Waals surface area contributed by atoms with E-state index in [1.165, 1.54) is 6.20 Å². The van der Waals surface area contributed by atoms with E-state index in [0.29, 0.717) is 17.5 Å². The van der Waals surface area contributed by atoms with Gasteiger partial charge in [-0.15, -0.1) is 0 Å². The quantitative estimate of drug-likeness (QED) is 0.762. The van der Waals surface area contributed by atoms with Crippen LogP contribution in [0.1, 0.15) is 38.8 Å². The van der Waals surface area contributed by atoms with Crippen LogP contribution in [-0.2, 0) is 4.74 Å². The summed E-state index contributed by atoms with van der Waals surface area (Å²) in [6.45, 7) is 5.20. The monoisotopic (exact) mass is 362 g/mol. The fourth-order valence-electron chi connectivity index (χ4n) is 2.43. The summed E-state index contributed by atoms with van der Waals surface area (Å²) >= 11 is 0. The SMILES string of the molecule is CC(C)(C)OC(=O)NC(CCO)c1ccc(-c2c[nH]c(=O)c(F)c2)cc1. The number of hydrogen-bond donors (Lipinski definition) is 3. The van der Waals surface area contributed by atoms with Crippen molar-refractivity contribution in [2.75, 3.05) is 6.61 Å². The van der Waals surface area contributed by atoms with Gasteiger partial charge >= 0.3 is 6.09 Å². The maximum Gasteiger partial charge on any atom is 0.408 e. The van der Waals surface area contributed by atoms with Gasteiger partial charge in [0.05, 0.1) is 6.04 Å². The molecule has 1 heterocycles. The van der Waals surface area contributed by atoms with Crippen molar-refractivity contribution in [3.05, 3.63) is 58.3 Å². The van der Waals surface area contributed by atoms with Crippen LogP contribution in [0.15, 0.2) is 41.3 Å². The molecule has 0 saturated carbocycles. The third-order valence-corrected chi connectivity index (χ3v) is 3.61. The van der Waals surface area contributed by atoms with E-state index in [0.717, 1.165) is 11.6 Å². The molecule has 0 aliphatic heterocycles. The zero-order valence-corrected chi connectivity index (χ0v) is 15.0. The molecule has 3 N–H and O–H groups in total. The number of rotatable bonds is 5. The zero-order valence-electron chi connectivity index (χ0n) is 15.0. The first-order valence-corrected chi connectivity index (χ1v) is 8.28. The number of carbonyl (C=O) groups excluding carboxylic acids is 1. The second kappa shape index (κ2) is 8.14. The van der Waals surface area contributed by atoms with E-state index >= 15 is 0 Å². The van der Waals surface area contributed by atoms with Crippen LogP contribution in [0.2, 0.25) is 0 Å². The summed E-state index contributed by atoms with van der Waals surface area (Å²) in [6.07, 6.45) is 1.19. The van der Waals surface area contributed by atoms with Crippen molar-refractivity contribution in [3.8, 4) is 11.1 Å². The fourth-order valence-corrected chi connectivity index (χ4v) is 2.43. The predicted octanol–water partition coefficient (Wildman–Crippen LogP) is 3.13. The number of hydrogen-bond acceptors (Lipinski definition) is 4. The first kappa shape index (κ1) is 19.7. The second-order valence-electron chi connectivity index (χ2n) is 6.90. The Hall–Kier alpha value is -2.67. The van der Waals surface area contributed by atoms with E-state index in [1.807, 2.05) is 0 Å².